The van der Waals surface area contributed by atoms with Crippen molar-refractivity contribution < 1.29 is 18.0 Å². The fourth-order valence-corrected chi connectivity index (χ4v) is 5.11. The Balaban J connectivity index is 1.60. The van der Waals surface area contributed by atoms with Crippen LogP contribution < -0.4 is 10.2 Å². The Morgan fingerprint density at radius 3 is 2.64 bits per heavy atom. The van der Waals surface area contributed by atoms with E-state index in [9.17, 15) is 18.0 Å². The van der Waals surface area contributed by atoms with Crippen LogP contribution in [0.1, 0.15) is 25.3 Å². The minimum absolute atomic E-state index is 0.00838. The normalized spacial score (nSPS) is 26.9. The molecule has 25 heavy (non-hydrogen) atoms. The van der Waals surface area contributed by atoms with E-state index >= 15 is 0 Å². The van der Waals surface area contributed by atoms with Crippen LogP contribution in [0, 0.1) is 18.8 Å². The maximum absolute atomic E-state index is 12.8. The van der Waals surface area contributed by atoms with Crippen molar-refractivity contribution in [1.29, 1.82) is 0 Å². The number of hydrogen-bond acceptors (Lipinski definition) is 4. The van der Waals surface area contributed by atoms with Crippen LogP contribution in [0.25, 0.3) is 0 Å². The predicted molar refractivity (Wildman–Crippen MR) is 96.0 cm³/mol. The third-order valence-corrected chi connectivity index (χ3v) is 6.69. The molecule has 0 spiro atoms. The summed E-state index contributed by atoms with van der Waals surface area (Å²) in [5.41, 5.74) is 1.93. The highest BCUT2D eigenvalue weighted by molar-refractivity contribution is 7.91. The molecule has 1 aliphatic carbocycles. The van der Waals surface area contributed by atoms with Gasteiger partial charge in [-0.15, -0.1) is 0 Å². The first kappa shape index (κ1) is 17.9. The molecular formula is C18H24N2O4S. The lowest BCUT2D eigenvalue weighted by Crippen LogP contribution is -2.38. The summed E-state index contributed by atoms with van der Waals surface area (Å²) in [4.78, 5) is 26.8. The second-order valence-corrected chi connectivity index (χ2v) is 9.21. The van der Waals surface area contributed by atoms with E-state index in [-0.39, 0.29) is 41.2 Å². The van der Waals surface area contributed by atoms with Crippen LogP contribution in [0.4, 0.5) is 5.69 Å². The molecule has 3 atom stereocenters. The molecule has 7 heteroatoms. The molecule has 1 N–H and O–H groups in total. The van der Waals surface area contributed by atoms with Crippen molar-refractivity contribution in [3.63, 3.8) is 0 Å². The summed E-state index contributed by atoms with van der Waals surface area (Å²) >= 11 is 0. The Hall–Kier alpha value is -1.89. The van der Waals surface area contributed by atoms with E-state index in [1.807, 2.05) is 38.1 Å². The van der Waals surface area contributed by atoms with E-state index in [1.54, 1.807) is 4.90 Å². The van der Waals surface area contributed by atoms with Gasteiger partial charge in [0.25, 0.3) is 0 Å². The third-order valence-electron chi connectivity index (χ3n) is 4.92. The van der Waals surface area contributed by atoms with Crippen molar-refractivity contribution in [2.75, 3.05) is 23.0 Å². The zero-order valence-electron chi connectivity index (χ0n) is 14.6. The van der Waals surface area contributed by atoms with Crippen molar-refractivity contribution in [3.8, 4) is 0 Å². The number of aryl methyl sites for hydroxylation is 1. The second kappa shape index (κ2) is 6.78. The highest BCUT2D eigenvalue weighted by Crippen LogP contribution is 2.41. The van der Waals surface area contributed by atoms with Crippen molar-refractivity contribution in [3.05, 3.63) is 29.8 Å². The molecule has 0 radical (unpaired) electrons. The molecule has 3 unspecified atom stereocenters. The van der Waals surface area contributed by atoms with Gasteiger partial charge in [0, 0.05) is 18.3 Å². The second-order valence-electron chi connectivity index (χ2n) is 6.98. The SMILES string of the molecule is CCN(C(=O)C1CC1C(=O)NC1CCS(=O)(=O)C1)c1cccc(C)c1. The number of carbonyl (C=O) groups excluding carboxylic acids is 2. The number of benzene rings is 1. The van der Waals surface area contributed by atoms with E-state index in [0.29, 0.717) is 19.4 Å². The molecule has 1 aromatic rings. The smallest absolute Gasteiger partial charge is 0.230 e. The topological polar surface area (TPSA) is 83.6 Å². The van der Waals surface area contributed by atoms with Gasteiger partial charge in [0.05, 0.1) is 23.3 Å². The standard InChI is InChI=1S/C18H24N2O4S/c1-3-20(14-6-4-5-12(2)9-14)18(22)16-10-15(16)17(21)19-13-7-8-25(23,24)11-13/h4-6,9,13,15-16H,3,7-8,10-11H2,1-2H3,(H,19,21). The largest absolute Gasteiger partial charge is 0.352 e. The fraction of sp³-hybridized carbons (Fsp3) is 0.556. The van der Waals surface area contributed by atoms with Gasteiger partial charge in [-0.3, -0.25) is 9.59 Å². The van der Waals surface area contributed by atoms with Gasteiger partial charge in [0.2, 0.25) is 11.8 Å². The van der Waals surface area contributed by atoms with Crippen molar-refractivity contribution in [2.45, 2.75) is 32.7 Å². The first-order valence-corrected chi connectivity index (χ1v) is 10.5. The van der Waals surface area contributed by atoms with E-state index in [0.717, 1.165) is 11.3 Å². The Labute approximate surface area is 148 Å². The van der Waals surface area contributed by atoms with Crippen LogP contribution in [0.15, 0.2) is 24.3 Å². The Kier molecular flexibility index (Phi) is 4.86. The third kappa shape index (κ3) is 4.03. The van der Waals surface area contributed by atoms with Crippen LogP contribution >= 0.6 is 0 Å². The van der Waals surface area contributed by atoms with Gasteiger partial charge in [-0.05, 0) is 44.4 Å². The molecular weight excluding hydrogens is 340 g/mol. The number of amides is 2. The number of nitrogens with one attached hydrogen (secondary N) is 1. The summed E-state index contributed by atoms with van der Waals surface area (Å²) in [6.07, 6.45) is 0.996. The molecule has 2 fully saturated rings. The first-order chi connectivity index (χ1) is 11.8. The van der Waals surface area contributed by atoms with Crippen LogP contribution in [0.2, 0.25) is 0 Å². The quantitative estimate of drug-likeness (QED) is 0.853. The van der Waals surface area contributed by atoms with Gasteiger partial charge in [-0.1, -0.05) is 12.1 Å². The minimum Gasteiger partial charge on any atom is -0.352 e. The van der Waals surface area contributed by atoms with Gasteiger partial charge in [-0.25, -0.2) is 8.42 Å². The van der Waals surface area contributed by atoms with E-state index in [1.165, 1.54) is 0 Å². The highest BCUT2D eigenvalue weighted by Gasteiger charge is 2.50. The summed E-state index contributed by atoms with van der Waals surface area (Å²) in [5, 5.41) is 2.80. The van der Waals surface area contributed by atoms with Gasteiger partial charge < -0.3 is 10.2 Å². The highest BCUT2D eigenvalue weighted by atomic mass is 32.2. The zero-order chi connectivity index (χ0) is 18.2. The Morgan fingerprint density at radius 2 is 2.04 bits per heavy atom. The number of anilines is 1. The number of hydrogen-bond donors (Lipinski definition) is 1. The maximum atomic E-state index is 12.8. The van der Waals surface area contributed by atoms with Gasteiger partial charge in [0.15, 0.2) is 9.84 Å². The van der Waals surface area contributed by atoms with E-state index in [4.69, 9.17) is 0 Å². The van der Waals surface area contributed by atoms with Crippen molar-refractivity contribution in [2.24, 2.45) is 11.8 Å². The fourth-order valence-electron chi connectivity index (χ4n) is 3.44. The molecule has 1 heterocycles. The molecule has 136 valence electrons. The van der Waals surface area contributed by atoms with E-state index in [2.05, 4.69) is 5.32 Å². The Bertz CT molecular complexity index is 790. The maximum Gasteiger partial charge on any atom is 0.230 e. The monoisotopic (exact) mass is 364 g/mol. The summed E-state index contributed by atoms with van der Waals surface area (Å²) in [6.45, 7) is 4.44. The molecule has 1 aromatic carbocycles. The van der Waals surface area contributed by atoms with Crippen LogP contribution in [-0.2, 0) is 19.4 Å². The average Bonchev–Trinajstić information content (AvgIpc) is 3.27. The molecule has 0 aromatic heterocycles. The van der Waals surface area contributed by atoms with Gasteiger partial charge in [0.1, 0.15) is 0 Å². The molecule has 1 saturated heterocycles. The van der Waals surface area contributed by atoms with Gasteiger partial charge >= 0.3 is 0 Å². The molecule has 1 aliphatic heterocycles. The number of sulfone groups is 1. The lowest BCUT2D eigenvalue weighted by molar-refractivity contribution is -0.126. The molecule has 3 rings (SSSR count). The summed E-state index contributed by atoms with van der Waals surface area (Å²) in [6, 6.07) is 7.44. The summed E-state index contributed by atoms with van der Waals surface area (Å²) in [7, 11) is -3.02. The lowest BCUT2D eigenvalue weighted by Gasteiger charge is -2.21. The molecule has 0 bridgehead atoms. The number of nitrogens with zero attached hydrogens (tertiary/aromatic N) is 1. The van der Waals surface area contributed by atoms with Crippen molar-refractivity contribution >= 4 is 27.3 Å². The lowest BCUT2D eigenvalue weighted by atomic mass is 10.2. The summed E-state index contributed by atoms with van der Waals surface area (Å²) < 4.78 is 23.0. The molecule has 6 nitrogen and oxygen atoms in total. The van der Waals surface area contributed by atoms with Gasteiger partial charge in [-0.2, -0.15) is 0 Å². The average molecular weight is 364 g/mol. The summed E-state index contributed by atoms with van der Waals surface area (Å²) in [5.74, 6) is -0.739. The number of rotatable bonds is 5. The first-order valence-electron chi connectivity index (χ1n) is 8.69. The molecule has 2 aliphatic rings. The van der Waals surface area contributed by atoms with Crippen LogP contribution in [0.5, 0.6) is 0 Å². The van der Waals surface area contributed by atoms with E-state index < -0.39 is 9.84 Å². The Morgan fingerprint density at radius 1 is 1.28 bits per heavy atom. The zero-order valence-corrected chi connectivity index (χ0v) is 15.4. The van der Waals surface area contributed by atoms with Crippen molar-refractivity contribution in [1.82, 2.24) is 5.32 Å². The molecule has 2 amide bonds. The van der Waals surface area contributed by atoms with Crippen LogP contribution in [-0.4, -0.2) is 44.3 Å². The minimum atomic E-state index is -3.02. The van der Waals surface area contributed by atoms with Crippen LogP contribution in [0.3, 0.4) is 0 Å². The predicted octanol–water partition coefficient (Wildman–Crippen LogP) is 1.29. The number of carbonyl (C=O) groups is 2. The molecule has 1 saturated carbocycles.